The Hall–Kier alpha value is -1.96. The van der Waals surface area contributed by atoms with E-state index in [-0.39, 0.29) is 5.25 Å². The molecule has 0 N–H and O–H groups in total. The first kappa shape index (κ1) is 19.4. The molecule has 2 aromatic carbocycles. The molecule has 8 heteroatoms. The van der Waals surface area contributed by atoms with Crippen LogP contribution in [0, 0.1) is 0 Å². The molecule has 0 spiro atoms. The number of hydrogen-bond acceptors (Lipinski definition) is 6. The summed E-state index contributed by atoms with van der Waals surface area (Å²) in [5, 5.41) is 9.54. The van der Waals surface area contributed by atoms with Gasteiger partial charge in [0.15, 0.2) is 0 Å². The van der Waals surface area contributed by atoms with Crippen LogP contribution in [0.1, 0.15) is 29.5 Å². The maximum Gasteiger partial charge on any atom is 0.277 e. The molecule has 0 bridgehead atoms. The molecule has 2 heterocycles. The Morgan fingerprint density at radius 3 is 2.75 bits per heavy atom. The summed E-state index contributed by atoms with van der Waals surface area (Å²) in [5.41, 5.74) is 3.17. The van der Waals surface area contributed by atoms with Crippen molar-refractivity contribution in [3.63, 3.8) is 0 Å². The topological polar surface area (TPSA) is 56.7 Å². The number of benzene rings is 2. The summed E-state index contributed by atoms with van der Waals surface area (Å²) in [7, 11) is 0. The van der Waals surface area contributed by atoms with Crippen LogP contribution in [0.2, 0.25) is 5.02 Å². The third kappa shape index (κ3) is 4.21. The Morgan fingerprint density at radius 1 is 1.14 bits per heavy atom. The zero-order chi connectivity index (χ0) is 19.5. The molecule has 1 unspecified atom stereocenters. The quantitative estimate of drug-likeness (QED) is 0.343. The second-order valence-electron chi connectivity index (χ2n) is 6.33. The minimum atomic E-state index is 0.0393. The summed E-state index contributed by atoms with van der Waals surface area (Å²) in [6.07, 6.45) is 2.01. The lowest BCUT2D eigenvalue weighted by atomic mass is 10.2. The third-order valence-electron chi connectivity index (χ3n) is 4.28. The fourth-order valence-electron chi connectivity index (χ4n) is 3.04. The molecular formula is C20H19ClN4OS2. The predicted octanol–water partition coefficient (Wildman–Crippen LogP) is 5.84. The maximum absolute atomic E-state index is 6.19. The average Bonchev–Trinajstić information content (AvgIpc) is 3.27. The van der Waals surface area contributed by atoms with Crippen LogP contribution in [0.3, 0.4) is 0 Å². The van der Waals surface area contributed by atoms with E-state index in [2.05, 4.69) is 46.0 Å². The van der Waals surface area contributed by atoms with E-state index in [1.54, 1.807) is 11.8 Å². The van der Waals surface area contributed by atoms with Crippen molar-refractivity contribution >= 4 is 46.2 Å². The van der Waals surface area contributed by atoms with Crippen molar-refractivity contribution in [1.29, 1.82) is 0 Å². The van der Waals surface area contributed by atoms with E-state index in [0.29, 0.717) is 21.9 Å². The van der Waals surface area contributed by atoms with Gasteiger partial charge in [0.05, 0.1) is 22.0 Å². The predicted molar refractivity (Wildman–Crippen MR) is 116 cm³/mol. The van der Waals surface area contributed by atoms with E-state index in [0.717, 1.165) is 23.4 Å². The van der Waals surface area contributed by atoms with Gasteiger partial charge in [-0.1, -0.05) is 53.7 Å². The Bertz CT molecular complexity index is 1080. The SMILES string of the molecule is CSCc1nnc(SC(C)c2nc3cc(Cl)ccc3n2Cc2ccccc2)o1. The first-order chi connectivity index (χ1) is 13.6. The highest BCUT2D eigenvalue weighted by Crippen LogP contribution is 2.36. The summed E-state index contributed by atoms with van der Waals surface area (Å²) in [4.78, 5) is 4.87. The maximum atomic E-state index is 6.19. The standard InChI is InChI=1S/C20H19ClN4OS2/c1-13(28-20-24-23-18(26-20)12-27-2)19-22-16-10-15(21)8-9-17(16)25(19)11-14-6-4-3-5-7-14/h3-10,13H,11-12H2,1-2H3. The molecule has 2 aromatic heterocycles. The van der Waals surface area contributed by atoms with Crippen molar-refractivity contribution < 1.29 is 4.42 Å². The lowest BCUT2D eigenvalue weighted by molar-refractivity contribution is 0.425. The minimum absolute atomic E-state index is 0.0393. The van der Waals surface area contributed by atoms with Gasteiger partial charge in [-0.2, -0.15) is 11.8 Å². The largest absolute Gasteiger partial charge is 0.415 e. The normalized spacial score (nSPS) is 12.5. The fraction of sp³-hybridized carbons (Fsp3) is 0.250. The number of fused-ring (bicyclic) bond motifs is 1. The molecule has 0 amide bonds. The Morgan fingerprint density at radius 2 is 1.96 bits per heavy atom. The first-order valence-electron chi connectivity index (χ1n) is 8.81. The monoisotopic (exact) mass is 430 g/mol. The molecule has 5 nitrogen and oxygen atoms in total. The summed E-state index contributed by atoms with van der Waals surface area (Å²) in [6, 6.07) is 16.2. The van der Waals surface area contributed by atoms with Crippen LogP contribution in [0.25, 0.3) is 11.0 Å². The second kappa shape index (κ2) is 8.59. The molecule has 0 saturated carbocycles. The Balaban J connectivity index is 1.68. The van der Waals surface area contributed by atoms with E-state index in [4.69, 9.17) is 21.0 Å². The van der Waals surface area contributed by atoms with Gasteiger partial charge in [-0.05, 0) is 36.9 Å². The Labute approximate surface area is 176 Å². The van der Waals surface area contributed by atoms with Gasteiger partial charge >= 0.3 is 0 Å². The zero-order valence-electron chi connectivity index (χ0n) is 15.5. The highest BCUT2D eigenvalue weighted by molar-refractivity contribution is 7.99. The molecule has 0 aliphatic heterocycles. The lowest BCUT2D eigenvalue weighted by Gasteiger charge is -2.13. The number of imidazole rings is 1. The fourth-order valence-corrected chi connectivity index (χ4v) is 4.39. The van der Waals surface area contributed by atoms with Gasteiger partial charge in [-0.3, -0.25) is 0 Å². The molecule has 0 aliphatic carbocycles. The zero-order valence-corrected chi connectivity index (χ0v) is 17.9. The van der Waals surface area contributed by atoms with Crippen LogP contribution in [0.4, 0.5) is 0 Å². The van der Waals surface area contributed by atoms with Gasteiger partial charge < -0.3 is 8.98 Å². The van der Waals surface area contributed by atoms with Gasteiger partial charge in [0.2, 0.25) is 5.89 Å². The van der Waals surface area contributed by atoms with Crippen LogP contribution in [0.5, 0.6) is 0 Å². The summed E-state index contributed by atoms with van der Waals surface area (Å²) in [5.74, 6) is 2.31. The van der Waals surface area contributed by atoms with Crippen LogP contribution in [-0.2, 0) is 12.3 Å². The van der Waals surface area contributed by atoms with Crippen molar-refractivity contribution in [2.45, 2.75) is 29.7 Å². The number of halogens is 1. The van der Waals surface area contributed by atoms with Crippen LogP contribution in [0.15, 0.2) is 58.2 Å². The van der Waals surface area contributed by atoms with Crippen molar-refractivity contribution in [3.05, 3.63) is 70.8 Å². The lowest BCUT2D eigenvalue weighted by Crippen LogP contribution is -2.06. The highest BCUT2D eigenvalue weighted by Gasteiger charge is 2.21. The molecule has 0 radical (unpaired) electrons. The molecule has 0 aliphatic rings. The van der Waals surface area contributed by atoms with Crippen LogP contribution >= 0.6 is 35.1 Å². The summed E-state index contributed by atoms with van der Waals surface area (Å²) < 4.78 is 7.96. The molecule has 4 aromatic rings. The summed E-state index contributed by atoms with van der Waals surface area (Å²) >= 11 is 9.37. The van der Waals surface area contributed by atoms with Gasteiger partial charge in [0, 0.05) is 11.6 Å². The molecule has 4 rings (SSSR count). The number of hydrogen-bond donors (Lipinski definition) is 0. The number of thioether (sulfide) groups is 2. The van der Waals surface area contributed by atoms with Crippen molar-refractivity contribution in [2.24, 2.45) is 0 Å². The van der Waals surface area contributed by atoms with Gasteiger partial charge in [0.1, 0.15) is 5.82 Å². The number of nitrogens with zero attached hydrogens (tertiary/aromatic N) is 4. The smallest absolute Gasteiger partial charge is 0.277 e. The van der Waals surface area contributed by atoms with E-state index < -0.39 is 0 Å². The van der Waals surface area contributed by atoms with E-state index in [1.807, 2.05) is 30.5 Å². The highest BCUT2D eigenvalue weighted by atomic mass is 35.5. The molecular weight excluding hydrogens is 412 g/mol. The third-order valence-corrected chi connectivity index (χ3v) is 5.98. The molecule has 144 valence electrons. The van der Waals surface area contributed by atoms with Crippen LogP contribution < -0.4 is 0 Å². The second-order valence-corrected chi connectivity index (χ2v) is 8.92. The van der Waals surface area contributed by atoms with E-state index >= 15 is 0 Å². The van der Waals surface area contributed by atoms with Crippen LogP contribution in [-0.4, -0.2) is 26.0 Å². The number of rotatable bonds is 7. The van der Waals surface area contributed by atoms with Crippen molar-refractivity contribution in [2.75, 3.05) is 6.26 Å². The van der Waals surface area contributed by atoms with Gasteiger partial charge in [-0.15, -0.1) is 10.2 Å². The average molecular weight is 431 g/mol. The number of aromatic nitrogens is 4. The van der Waals surface area contributed by atoms with E-state index in [9.17, 15) is 0 Å². The Kier molecular flexibility index (Phi) is 5.94. The van der Waals surface area contributed by atoms with Crippen molar-refractivity contribution in [1.82, 2.24) is 19.7 Å². The van der Waals surface area contributed by atoms with E-state index in [1.165, 1.54) is 17.3 Å². The van der Waals surface area contributed by atoms with Gasteiger partial charge in [0.25, 0.3) is 5.22 Å². The van der Waals surface area contributed by atoms with Gasteiger partial charge in [-0.25, -0.2) is 4.98 Å². The minimum Gasteiger partial charge on any atom is -0.415 e. The molecule has 1 atom stereocenters. The molecule has 0 fully saturated rings. The molecule has 28 heavy (non-hydrogen) atoms. The summed E-state index contributed by atoms with van der Waals surface area (Å²) in [6.45, 7) is 2.84. The molecule has 0 saturated heterocycles. The first-order valence-corrected chi connectivity index (χ1v) is 11.5. The van der Waals surface area contributed by atoms with Crippen molar-refractivity contribution in [3.8, 4) is 0 Å².